The quantitative estimate of drug-likeness (QED) is 0.873. The van der Waals surface area contributed by atoms with Crippen LogP contribution in [0.4, 0.5) is 5.69 Å². The maximum absolute atomic E-state index is 5.79. The number of halogens is 1. The maximum atomic E-state index is 5.79. The summed E-state index contributed by atoms with van der Waals surface area (Å²) in [4.78, 5) is 0. The number of nitrogens with two attached hydrogens (primary N) is 1. The molecule has 0 aromatic heterocycles. The van der Waals surface area contributed by atoms with Crippen LogP contribution < -0.4 is 10.5 Å². The molecule has 3 heteroatoms. The second kappa shape index (κ2) is 5.73. The molecule has 0 aliphatic carbocycles. The number of nitrogen functional groups attached to an aromatic ring is 1. The standard InChI is InChI=1S/C14H14BrNO/c15-12-5-3-4-11(10-12)8-9-17-14-7-2-1-6-13(14)16/h1-7,10H,8-9,16H2. The molecule has 0 amide bonds. The van der Waals surface area contributed by atoms with Gasteiger partial charge in [0, 0.05) is 10.9 Å². The van der Waals surface area contributed by atoms with Crippen molar-refractivity contribution in [3.63, 3.8) is 0 Å². The normalized spacial score (nSPS) is 10.2. The highest BCUT2D eigenvalue weighted by molar-refractivity contribution is 9.10. The van der Waals surface area contributed by atoms with Gasteiger partial charge in [0.25, 0.3) is 0 Å². The Kier molecular flexibility index (Phi) is 4.04. The number of ether oxygens (including phenoxy) is 1. The van der Waals surface area contributed by atoms with E-state index < -0.39 is 0 Å². The molecule has 0 spiro atoms. The molecule has 0 atom stereocenters. The molecule has 0 saturated carbocycles. The van der Waals surface area contributed by atoms with Gasteiger partial charge in [0.2, 0.25) is 0 Å². The molecule has 2 aromatic rings. The van der Waals surface area contributed by atoms with Gasteiger partial charge in [-0.25, -0.2) is 0 Å². The third kappa shape index (κ3) is 3.49. The Balaban J connectivity index is 1.90. The van der Waals surface area contributed by atoms with Crippen LogP contribution in [0, 0.1) is 0 Å². The van der Waals surface area contributed by atoms with Gasteiger partial charge in [-0.3, -0.25) is 0 Å². The van der Waals surface area contributed by atoms with Gasteiger partial charge < -0.3 is 10.5 Å². The number of hydrogen-bond acceptors (Lipinski definition) is 2. The summed E-state index contributed by atoms with van der Waals surface area (Å²) in [6.45, 7) is 0.630. The third-order valence-corrected chi connectivity index (χ3v) is 2.95. The minimum atomic E-state index is 0.630. The summed E-state index contributed by atoms with van der Waals surface area (Å²) >= 11 is 3.45. The molecule has 17 heavy (non-hydrogen) atoms. The van der Waals surface area contributed by atoms with Crippen molar-refractivity contribution in [2.24, 2.45) is 0 Å². The Morgan fingerprint density at radius 1 is 1.06 bits per heavy atom. The summed E-state index contributed by atoms with van der Waals surface area (Å²) in [5.74, 6) is 0.752. The Bertz CT molecular complexity index is 499. The summed E-state index contributed by atoms with van der Waals surface area (Å²) < 4.78 is 6.73. The van der Waals surface area contributed by atoms with Gasteiger partial charge in [0.1, 0.15) is 5.75 Å². The van der Waals surface area contributed by atoms with Crippen molar-refractivity contribution < 1.29 is 4.74 Å². The van der Waals surface area contributed by atoms with Crippen LogP contribution in [0.1, 0.15) is 5.56 Å². The molecule has 88 valence electrons. The highest BCUT2D eigenvalue weighted by Crippen LogP contribution is 2.20. The number of anilines is 1. The molecule has 0 radical (unpaired) electrons. The molecular weight excluding hydrogens is 278 g/mol. The van der Waals surface area contributed by atoms with Crippen LogP contribution in [0.3, 0.4) is 0 Å². The van der Waals surface area contributed by atoms with Crippen molar-refractivity contribution >= 4 is 21.6 Å². The van der Waals surface area contributed by atoms with Crippen LogP contribution in [0.5, 0.6) is 5.75 Å². The van der Waals surface area contributed by atoms with Crippen molar-refractivity contribution in [1.29, 1.82) is 0 Å². The SMILES string of the molecule is Nc1ccccc1OCCc1cccc(Br)c1. The molecule has 0 aliphatic rings. The van der Waals surface area contributed by atoms with Gasteiger partial charge in [-0.15, -0.1) is 0 Å². The van der Waals surface area contributed by atoms with Crippen molar-refractivity contribution in [3.05, 3.63) is 58.6 Å². The van der Waals surface area contributed by atoms with Crippen molar-refractivity contribution in [2.45, 2.75) is 6.42 Å². The van der Waals surface area contributed by atoms with E-state index in [1.807, 2.05) is 36.4 Å². The molecule has 2 rings (SSSR count). The molecule has 0 unspecified atom stereocenters. The number of para-hydroxylation sites is 2. The van der Waals surface area contributed by atoms with E-state index in [4.69, 9.17) is 10.5 Å². The Morgan fingerprint density at radius 2 is 1.88 bits per heavy atom. The largest absolute Gasteiger partial charge is 0.491 e. The zero-order valence-corrected chi connectivity index (χ0v) is 11.0. The van der Waals surface area contributed by atoms with E-state index in [0.29, 0.717) is 12.3 Å². The van der Waals surface area contributed by atoms with Crippen molar-refractivity contribution in [1.82, 2.24) is 0 Å². The van der Waals surface area contributed by atoms with E-state index in [2.05, 4.69) is 28.1 Å². The van der Waals surface area contributed by atoms with E-state index in [9.17, 15) is 0 Å². The highest BCUT2D eigenvalue weighted by atomic mass is 79.9. The average Bonchev–Trinajstić information content (AvgIpc) is 2.32. The van der Waals surface area contributed by atoms with E-state index >= 15 is 0 Å². The van der Waals surface area contributed by atoms with Gasteiger partial charge in [-0.05, 0) is 29.8 Å². The van der Waals surface area contributed by atoms with Gasteiger partial charge >= 0.3 is 0 Å². The maximum Gasteiger partial charge on any atom is 0.142 e. The van der Waals surface area contributed by atoms with E-state index in [0.717, 1.165) is 16.6 Å². The predicted octanol–water partition coefficient (Wildman–Crippen LogP) is 3.65. The number of rotatable bonds is 4. The van der Waals surface area contributed by atoms with Crippen LogP contribution in [0.15, 0.2) is 53.0 Å². The monoisotopic (exact) mass is 291 g/mol. The molecule has 0 heterocycles. The first-order valence-electron chi connectivity index (χ1n) is 5.47. The van der Waals surface area contributed by atoms with Crippen LogP contribution in [0.2, 0.25) is 0 Å². The first kappa shape index (κ1) is 12.0. The van der Waals surface area contributed by atoms with E-state index in [-0.39, 0.29) is 0 Å². The number of hydrogen-bond donors (Lipinski definition) is 1. The van der Waals surface area contributed by atoms with E-state index in [1.165, 1.54) is 5.56 Å². The minimum absolute atomic E-state index is 0.630. The summed E-state index contributed by atoms with van der Waals surface area (Å²) in [5.41, 5.74) is 7.72. The average molecular weight is 292 g/mol. The van der Waals surface area contributed by atoms with Crippen molar-refractivity contribution in [2.75, 3.05) is 12.3 Å². The van der Waals surface area contributed by atoms with E-state index in [1.54, 1.807) is 0 Å². The minimum Gasteiger partial charge on any atom is -0.491 e. The van der Waals surface area contributed by atoms with Gasteiger partial charge in [0.05, 0.1) is 12.3 Å². The summed E-state index contributed by atoms with van der Waals surface area (Å²) in [6.07, 6.45) is 0.869. The second-order valence-corrected chi connectivity index (χ2v) is 4.68. The molecular formula is C14H14BrNO. The first-order chi connectivity index (χ1) is 8.25. The lowest BCUT2D eigenvalue weighted by molar-refractivity contribution is 0.323. The molecule has 2 aromatic carbocycles. The zero-order chi connectivity index (χ0) is 12.1. The van der Waals surface area contributed by atoms with Crippen LogP contribution in [-0.4, -0.2) is 6.61 Å². The Hall–Kier alpha value is -1.48. The Labute approximate surface area is 110 Å². The van der Waals surface area contributed by atoms with Gasteiger partial charge in [0.15, 0.2) is 0 Å². The molecule has 0 aliphatic heterocycles. The van der Waals surface area contributed by atoms with Crippen LogP contribution >= 0.6 is 15.9 Å². The van der Waals surface area contributed by atoms with Crippen LogP contribution in [-0.2, 0) is 6.42 Å². The highest BCUT2D eigenvalue weighted by Gasteiger charge is 1.99. The van der Waals surface area contributed by atoms with Gasteiger partial charge in [-0.2, -0.15) is 0 Å². The number of benzene rings is 2. The summed E-state index contributed by atoms with van der Waals surface area (Å²) in [5, 5.41) is 0. The fourth-order valence-electron chi connectivity index (χ4n) is 1.58. The predicted molar refractivity (Wildman–Crippen MR) is 74.2 cm³/mol. The molecule has 0 fully saturated rings. The van der Waals surface area contributed by atoms with Crippen LogP contribution in [0.25, 0.3) is 0 Å². The summed E-state index contributed by atoms with van der Waals surface area (Å²) in [6, 6.07) is 15.8. The summed E-state index contributed by atoms with van der Waals surface area (Å²) in [7, 11) is 0. The molecule has 2 nitrogen and oxygen atoms in total. The van der Waals surface area contributed by atoms with Gasteiger partial charge in [-0.1, -0.05) is 40.2 Å². The molecule has 0 saturated heterocycles. The smallest absolute Gasteiger partial charge is 0.142 e. The fraction of sp³-hybridized carbons (Fsp3) is 0.143. The second-order valence-electron chi connectivity index (χ2n) is 3.77. The lowest BCUT2D eigenvalue weighted by Gasteiger charge is -2.08. The first-order valence-corrected chi connectivity index (χ1v) is 6.27. The lowest BCUT2D eigenvalue weighted by atomic mass is 10.2. The lowest BCUT2D eigenvalue weighted by Crippen LogP contribution is -2.03. The third-order valence-electron chi connectivity index (χ3n) is 2.46. The molecule has 2 N–H and O–H groups in total. The topological polar surface area (TPSA) is 35.2 Å². The Morgan fingerprint density at radius 3 is 2.65 bits per heavy atom. The zero-order valence-electron chi connectivity index (χ0n) is 9.40. The fourth-order valence-corrected chi connectivity index (χ4v) is 2.03. The molecule has 0 bridgehead atoms. The van der Waals surface area contributed by atoms with Crippen molar-refractivity contribution in [3.8, 4) is 5.75 Å².